The van der Waals surface area contributed by atoms with Crippen LogP contribution in [0.5, 0.6) is 0 Å². The number of nitrogens with zero attached hydrogens (tertiary/aromatic N) is 1. The Hall–Kier alpha value is -4.06. The van der Waals surface area contributed by atoms with Gasteiger partial charge in [0.05, 0.1) is 12.8 Å². The predicted octanol–water partition coefficient (Wildman–Crippen LogP) is 6.84. The van der Waals surface area contributed by atoms with Gasteiger partial charge < -0.3 is 32.6 Å². The Morgan fingerprint density at radius 2 is 1.47 bits per heavy atom. The Morgan fingerprint density at radius 3 is 2.11 bits per heavy atom. The van der Waals surface area contributed by atoms with Crippen LogP contribution in [0.4, 0.5) is 4.79 Å². The Kier molecular flexibility index (Phi) is 10.1. The Morgan fingerprint density at radius 1 is 0.849 bits per heavy atom. The van der Waals surface area contributed by atoms with Crippen molar-refractivity contribution in [3.8, 4) is 0 Å². The molecule has 12 nitrogen and oxygen atoms in total. The molecule has 4 aromatic carbocycles. The highest BCUT2D eigenvalue weighted by Gasteiger charge is 2.63. The average Bonchev–Trinajstić information content (AvgIpc) is 3.40. The second-order valence-corrected chi connectivity index (χ2v) is 24.3. The minimum atomic E-state index is -3.16. The van der Waals surface area contributed by atoms with Crippen LogP contribution in [0.1, 0.15) is 61.0 Å². The summed E-state index contributed by atoms with van der Waals surface area (Å²) in [4.78, 5) is 46.6. The quantitative estimate of drug-likeness (QED) is 0.122. The number of rotatable bonds is 9. The molecular weight excluding hydrogens is 711 g/mol. The molecule has 282 valence electrons. The molecule has 1 amide bonds. The number of amides is 1. The van der Waals surface area contributed by atoms with Crippen LogP contribution in [-0.4, -0.2) is 64.1 Å². The van der Waals surface area contributed by atoms with Gasteiger partial charge in [-0.15, -0.1) is 4.73 Å². The standard InChI is InChI=1S/C39H49N3O9Si2/c1-22(2)52(23(3)4)46-21-31-35(50-53(51-52,24(5)6)25(7)8)36(37(47-31)49-42-19-18-32(43)41-38(42)44)48-39(45)40-20-29-15-14-28-13-12-26-10-9-11-27-16-17-30(29)34(28)33(26)27/h9-19,22-25,31,35-37H,20-21H2,1-8H3,(H,40,45)(H,41,43,44)/t31-,35-,36+,37?/m1/s1. The van der Waals surface area contributed by atoms with E-state index in [1.807, 2.05) is 6.07 Å². The van der Waals surface area contributed by atoms with Crippen molar-refractivity contribution in [2.24, 2.45) is 0 Å². The maximum Gasteiger partial charge on any atom is 0.408 e. The Balaban J connectivity index is 1.21. The van der Waals surface area contributed by atoms with Crippen LogP contribution in [0.3, 0.4) is 0 Å². The zero-order chi connectivity index (χ0) is 37.8. The van der Waals surface area contributed by atoms with E-state index in [-0.39, 0.29) is 35.3 Å². The van der Waals surface area contributed by atoms with Crippen LogP contribution >= 0.6 is 0 Å². The van der Waals surface area contributed by atoms with Gasteiger partial charge in [0.15, 0.2) is 6.10 Å². The van der Waals surface area contributed by atoms with Crippen LogP contribution in [0.15, 0.2) is 76.4 Å². The zero-order valence-corrected chi connectivity index (χ0v) is 33.5. The molecule has 0 aliphatic carbocycles. The molecule has 1 aromatic heterocycles. The molecule has 2 aliphatic rings. The lowest BCUT2D eigenvalue weighted by Crippen LogP contribution is -2.66. The van der Waals surface area contributed by atoms with E-state index in [1.165, 1.54) is 11.6 Å². The monoisotopic (exact) mass is 759 g/mol. The molecule has 3 heterocycles. The van der Waals surface area contributed by atoms with Gasteiger partial charge in [-0.3, -0.25) is 9.78 Å². The summed E-state index contributed by atoms with van der Waals surface area (Å²) in [6.45, 7) is 17.2. The number of benzene rings is 4. The highest BCUT2D eigenvalue weighted by Crippen LogP contribution is 2.48. The second kappa shape index (κ2) is 14.3. The van der Waals surface area contributed by atoms with Crippen LogP contribution in [0, 0.1) is 0 Å². The number of ether oxygens (including phenoxy) is 2. The SMILES string of the molecule is CC(C)[Si]1(C(C)C)OC[C@H]2OC(On3ccc(=O)[nH]c3=O)[C@@H](OC(=O)NCc3ccc4ccc5cccc6ccc3c4c56)[C@@H]2O[Si](C(C)C)(C(C)C)O1. The summed E-state index contributed by atoms with van der Waals surface area (Å²) >= 11 is 0. The summed E-state index contributed by atoms with van der Waals surface area (Å²) in [6.07, 6.45) is -3.49. The van der Waals surface area contributed by atoms with Crippen molar-refractivity contribution in [1.29, 1.82) is 0 Å². The molecule has 53 heavy (non-hydrogen) atoms. The van der Waals surface area contributed by atoms with E-state index < -0.39 is 59.1 Å². The largest absolute Gasteiger partial charge is 0.437 e. The molecular formula is C39H49N3O9Si2. The van der Waals surface area contributed by atoms with E-state index in [0.29, 0.717) is 0 Å². The number of aromatic nitrogens is 2. The lowest BCUT2D eigenvalue weighted by molar-refractivity contribution is -0.173. The summed E-state index contributed by atoms with van der Waals surface area (Å²) in [5, 5.41) is 9.76. The third kappa shape index (κ3) is 6.59. The van der Waals surface area contributed by atoms with E-state index in [9.17, 15) is 14.4 Å². The number of carbonyl (C=O) groups excluding carboxylic acids is 1. The van der Waals surface area contributed by atoms with E-state index >= 15 is 0 Å². The fourth-order valence-corrected chi connectivity index (χ4v) is 19.4. The van der Waals surface area contributed by atoms with Gasteiger partial charge in [0.25, 0.3) is 11.8 Å². The van der Waals surface area contributed by atoms with Gasteiger partial charge in [0, 0.05) is 12.6 Å². The van der Waals surface area contributed by atoms with Gasteiger partial charge >= 0.3 is 28.9 Å². The molecule has 2 aliphatic heterocycles. The maximum atomic E-state index is 13.8. The Bertz CT molecular complexity index is 2200. The second-order valence-electron chi connectivity index (χ2n) is 15.4. The van der Waals surface area contributed by atoms with Crippen LogP contribution in [0.25, 0.3) is 32.3 Å². The first-order chi connectivity index (χ1) is 25.2. The number of aromatic amines is 1. The number of alkyl carbamates (subject to hydrolysis) is 1. The molecule has 0 saturated carbocycles. The maximum absolute atomic E-state index is 13.8. The van der Waals surface area contributed by atoms with Crippen molar-refractivity contribution >= 4 is 55.5 Å². The van der Waals surface area contributed by atoms with Crippen molar-refractivity contribution in [2.75, 3.05) is 6.61 Å². The zero-order valence-electron chi connectivity index (χ0n) is 31.5. The predicted molar refractivity (Wildman–Crippen MR) is 208 cm³/mol. The summed E-state index contributed by atoms with van der Waals surface area (Å²) in [5.41, 5.74) is -0.234. The van der Waals surface area contributed by atoms with E-state index in [0.717, 1.165) is 43.3 Å². The first kappa shape index (κ1) is 37.3. The number of hydrogen-bond donors (Lipinski definition) is 2. The molecule has 5 aromatic rings. The van der Waals surface area contributed by atoms with Gasteiger partial charge in [-0.2, -0.15) is 0 Å². The van der Waals surface area contributed by atoms with Crippen LogP contribution in [-0.2, 0) is 29.0 Å². The van der Waals surface area contributed by atoms with Crippen molar-refractivity contribution in [2.45, 2.75) is 109 Å². The summed E-state index contributed by atoms with van der Waals surface area (Å²) in [5.74, 6) is 0. The van der Waals surface area contributed by atoms with Crippen LogP contribution in [0.2, 0.25) is 22.2 Å². The molecule has 14 heteroatoms. The minimum absolute atomic E-state index is 0.0000222. The van der Waals surface area contributed by atoms with Crippen molar-refractivity contribution in [3.05, 3.63) is 93.3 Å². The van der Waals surface area contributed by atoms with Gasteiger partial charge in [-0.1, -0.05) is 110 Å². The van der Waals surface area contributed by atoms with Crippen LogP contribution < -0.4 is 21.4 Å². The molecule has 0 spiro atoms. The minimum Gasteiger partial charge on any atom is -0.437 e. The summed E-state index contributed by atoms with van der Waals surface area (Å²) in [6, 6.07) is 20.0. The normalized spacial score (nSPS) is 22.9. The van der Waals surface area contributed by atoms with Crippen molar-refractivity contribution in [1.82, 2.24) is 15.0 Å². The summed E-state index contributed by atoms with van der Waals surface area (Å²) < 4.78 is 34.9. The number of nitrogens with one attached hydrogen (secondary N) is 2. The van der Waals surface area contributed by atoms with E-state index in [2.05, 4.69) is 114 Å². The van der Waals surface area contributed by atoms with Crippen molar-refractivity contribution in [3.63, 3.8) is 0 Å². The smallest absolute Gasteiger partial charge is 0.408 e. The number of H-pyrrole nitrogens is 1. The van der Waals surface area contributed by atoms with Gasteiger partial charge in [0.2, 0.25) is 0 Å². The Labute approximate surface area is 310 Å². The number of hydrogen-bond acceptors (Lipinski definition) is 9. The lowest BCUT2D eigenvalue weighted by Gasteiger charge is -2.51. The van der Waals surface area contributed by atoms with Gasteiger partial charge in [0.1, 0.15) is 12.2 Å². The van der Waals surface area contributed by atoms with Gasteiger partial charge in [-0.25, -0.2) is 9.59 Å². The lowest BCUT2D eigenvalue weighted by atomic mass is 9.92. The van der Waals surface area contributed by atoms with E-state index in [1.54, 1.807) is 0 Å². The molecule has 7 rings (SSSR count). The molecule has 4 atom stereocenters. The number of fused-ring (bicyclic) bond motifs is 1. The highest BCUT2D eigenvalue weighted by molar-refractivity contribution is 6.84. The molecule has 2 N–H and O–H groups in total. The molecule has 1 unspecified atom stereocenters. The fourth-order valence-electron chi connectivity index (χ4n) is 8.20. The topological polar surface area (TPSA) is 139 Å². The van der Waals surface area contributed by atoms with Crippen molar-refractivity contribution < 1.29 is 32.1 Å². The fraction of sp³-hybridized carbons (Fsp3) is 0.462. The first-order valence-corrected chi connectivity index (χ1v) is 22.4. The van der Waals surface area contributed by atoms with Gasteiger partial charge in [-0.05, 0) is 60.0 Å². The number of carbonyl (C=O) groups is 1. The third-order valence-corrected chi connectivity index (χ3v) is 21.1. The average molecular weight is 760 g/mol. The molecule has 2 fully saturated rings. The third-order valence-electron chi connectivity index (χ3n) is 10.9. The highest BCUT2D eigenvalue weighted by atomic mass is 28.5. The van der Waals surface area contributed by atoms with E-state index in [4.69, 9.17) is 27.3 Å². The molecule has 2 saturated heterocycles. The molecule has 0 bridgehead atoms. The molecule has 0 radical (unpaired) electrons. The summed E-state index contributed by atoms with van der Waals surface area (Å²) in [7, 11) is -6.06. The first-order valence-electron chi connectivity index (χ1n) is 18.5.